The van der Waals surface area contributed by atoms with Crippen LogP contribution in [0.15, 0.2) is 40.9 Å². The minimum atomic E-state index is -1.57. The van der Waals surface area contributed by atoms with Crippen molar-refractivity contribution in [3.05, 3.63) is 57.0 Å². The van der Waals surface area contributed by atoms with Crippen molar-refractivity contribution in [1.82, 2.24) is 0 Å². The summed E-state index contributed by atoms with van der Waals surface area (Å²) in [6, 6.07) is 7.28. The number of carbonyl (C=O) groups excluding carboxylic acids is 1. The van der Waals surface area contributed by atoms with E-state index in [1.807, 2.05) is 0 Å². The standard InChI is InChI=1S/C13H9Cl3N4O4S/c14-13(15,16)8-1-3-9(4-2-8)18-12(21)24-19-11(17)7-5-10(20(22)23)25-6-7/h1-6H,(H2,17,19)(H,18,21). The van der Waals surface area contributed by atoms with E-state index in [-0.39, 0.29) is 16.4 Å². The van der Waals surface area contributed by atoms with E-state index in [0.29, 0.717) is 11.3 Å². The lowest BCUT2D eigenvalue weighted by atomic mass is 10.2. The van der Waals surface area contributed by atoms with Gasteiger partial charge in [0.05, 0.1) is 4.92 Å². The lowest BCUT2D eigenvalue weighted by molar-refractivity contribution is -0.380. The number of nitrogens with two attached hydrogens (primary N) is 1. The molecule has 2 aromatic rings. The van der Waals surface area contributed by atoms with Crippen molar-refractivity contribution < 1.29 is 14.6 Å². The fraction of sp³-hybridized carbons (Fsp3) is 0.0769. The number of halogens is 3. The van der Waals surface area contributed by atoms with Gasteiger partial charge in [-0.1, -0.05) is 63.4 Å². The molecule has 0 aliphatic rings. The van der Waals surface area contributed by atoms with E-state index >= 15 is 0 Å². The van der Waals surface area contributed by atoms with Crippen LogP contribution >= 0.6 is 46.1 Å². The topological polar surface area (TPSA) is 120 Å². The van der Waals surface area contributed by atoms with Crippen LogP contribution in [0.25, 0.3) is 0 Å². The van der Waals surface area contributed by atoms with Gasteiger partial charge in [0.25, 0.3) is 0 Å². The number of alkyl halides is 3. The Kier molecular flexibility index (Phi) is 6.07. The highest BCUT2D eigenvalue weighted by Crippen LogP contribution is 2.38. The third kappa shape index (κ3) is 5.46. The summed E-state index contributed by atoms with van der Waals surface area (Å²) < 4.78 is -1.57. The Hall–Kier alpha value is -2.07. The molecule has 0 radical (unpaired) electrons. The fourth-order valence-corrected chi connectivity index (χ4v) is 2.68. The summed E-state index contributed by atoms with van der Waals surface area (Å²) in [4.78, 5) is 26.3. The molecular weight excluding hydrogens is 415 g/mol. The summed E-state index contributed by atoms with van der Waals surface area (Å²) in [7, 11) is 0. The van der Waals surface area contributed by atoms with Gasteiger partial charge in [0.1, 0.15) is 0 Å². The zero-order valence-corrected chi connectivity index (χ0v) is 15.2. The van der Waals surface area contributed by atoms with E-state index in [1.165, 1.54) is 35.7 Å². The van der Waals surface area contributed by atoms with Gasteiger partial charge in [0, 0.05) is 28.3 Å². The number of nitro groups is 1. The molecular formula is C13H9Cl3N4O4S. The zero-order valence-electron chi connectivity index (χ0n) is 12.1. The summed E-state index contributed by atoms with van der Waals surface area (Å²) in [6.07, 6.45) is -0.908. The molecule has 1 amide bonds. The first-order valence-electron chi connectivity index (χ1n) is 6.39. The molecule has 12 heteroatoms. The third-order valence-corrected chi connectivity index (χ3v) is 4.28. The van der Waals surface area contributed by atoms with Crippen LogP contribution in [0.4, 0.5) is 15.5 Å². The number of rotatable bonds is 4. The van der Waals surface area contributed by atoms with Gasteiger partial charge in [-0.25, -0.2) is 4.79 Å². The lowest BCUT2D eigenvalue weighted by Crippen LogP contribution is -2.17. The highest BCUT2D eigenvalue weighted by atomic mass is 35.6. The van der Waals surface area contributed by atoms with E-state index in [9.17, 15) is 14.9 Å². The zero-order chi connectivity index (χ0) is 18.6. The lowest BCUT2D eigenvalue weighted by Gasteiger charge is -2.11. The number of oxime groups is 1. The number of amidine groups is 1. The van der Waals surface area contributed by atoms with E-state index in [1.54, 1.807) is 0 Å². The second-order valence-corrected chi connectivity index (χ2v) is 7.66. The highest BCUT2D eigenvalue weighted by molar-refractivity contribution is 7.13. The van der Waals surface area contributed by atoms with Crippen LogP contribution < -0.4 is 11.1 Å². The largest absolute Gasteiger partial charge is 0.437 e. The first-order chi connectivity index (χ1) is 11.7. The average Bonchev–Trinajstić information content (AvgIpc) is 3.02. The van der Waals surface area contributed by atoms with Crippen LogP contribution in [0, 0.1) is 10.1 Å². The fourth-order valence-electron chi connectivity index (χ4n) is 1.58. The molecule has 0 saturated heterocycles. The van der Waals surface area contributed by atoms with Crippen LogP contribution in [0.2, 0.25) is 0 Å². The Balaban J connectivity index is 1.96. The molecule has 0 aliphatic heterocycles. The first-order valence-corrected chi connectivity index (χ1v) is 8.40. The number of nitrogens with zero attached hydrogens (tertiary/aromatic N) is 2. The smallest absolute Gasteiger partial charge is 0.380 e. The number of nitrogens with one attached hydrogen (secondary N) is 1. The molecule has 0 saturated carbocycles. The quantitative estimate of drug-likeness (QED) is 0.189. The molecule has 132 valence electrons. The third-order valence-electron chi connectivity index (χ3n) is 2.75. The molecule has 0 aliphatic carbocycles. The van der Waals surface area contributed by atoms with E-state index < -0.39 is 14.8 Å². The summed E-state index contributed by atoms with van der Waals surface area (Å²) in [5.74, 6) is -0.175. The summed E-state index contributed by atoms with van der Waals surface area (Å²) >= 11 is 18.1. The van der Waals surface area contributed by atoms with E-state index in [4.69, 9.17) is 40.5 Å². The first kappa shape index (κ1) is 19.3. The SMILES string of the molecule is N/C(=N/OC(=O)Nc1ccc(C(Cl)(Cl)Cl)cc1)c1csc([N+](=O)[O-])c1. The molecule has 0 unspecified atom stereocenters. The second kappa shape index (κ2) is 7.87. The predicted octanol–water partition coefficient (Wildman–Crippen LogP) is 4.35. The monoisotopic (exact) mass is 422 g/mol. The molecule has 0 spiro atoms. The molecule has 3 N–H and O–H groups in total. The molecule has 8 nitrogen and oxygen atoms in total. The number of hydrogen-bond donors (Lipinski definition) is 2. The Morgan fingerprint density at radius 3 is 2.48 bits per heavy atom. The number of benzene rings is 1. The Morgan fingerprint density at radius 1 is 1.32 bits per heavy atom. The Labute approximate surface area is 160 Å². The molecule has 1 aromatic carbocycles. The molecule has 0 atom stereocenters. The van der Waals surface area contributed by atoms with Gasteiger partial charge >= 0.3 is 11.1 Å². The normalized spacial score (nSPS) is 11.9. The van der Waals surface area contributed by atoms with Crippen LogP contribution in [-0.4, -0.2) is 16.9 Å². The van der Waals surface area contributed by atoms with Crippen molar-refractivity contribution in [3.63, 3.8) is 0 Å². The van der Waals surface area contributed by atoms with Crippen molar-refractivity contribution in [2.45, 2.75) is 3.79 Å². The second-order valence-electron chi connectivity index (χ2n) is 4.49. The van der Waals surface area contributed by atoms with Gasteiger partial charge in [0.15, 0.2) is 5.84 Å². The number of carbonyl (C=O) groups is 1. The van der Waals surface area contributed by atoms with E-state index in [2.05, 4.69) is 15.3 Å². The van der Waals surface area contributed by atoms with E-state index in [0.717, 1.165) is 11.3 Å². The van der Waals surface area contributed by atoms with Crippen LogP contribution in [-0.2, 0) is 8.63 Å². The summed E-state index contributed by atoms with van der Waals surface area (Å²) in [5, 5.41) is 17.7. The van der Waals surface area contributed by atoms with Crippen molar-refractivity contribution in [2.75, 3.05) is 5.32 Å². The maximum Gasteiger partial charge on any atom is 0.437 e. The number of anilines is 1. The van der Waals surface area contributed by atoms with Gasteiger partial charge in [-0.05, 0) is 12.1 Å². The number of hydrogen-bond acceptors (Lipinski definition) is 6. The van der Waals surface area contributed by atoms with Gasteiger partial charge in [-0.3, -0.25) is 20.3 Å². The van der Waals surface area contributed by atoms with Crippen LogP contribution in [0.3, 0.4) is 0 Å². The Morgan fingerprint density at radius 2 is 1.96 bits per heavy atom. The number of amides is 1. The summed E-state index contributed by atoms with van der Waals surface area (Å²) in [6.45, 7) is 0. The predicted molar refractivity (Wildman–Crippen MR) is 97.5 cm³/mol. The van der Waals surface area contributed by atoms with Crippen LogP contribution in [0.1, 0.15) is 11.1 Å². The molecule has 0 fully saturated rings. The van der Waals surface area contributed by atoms with Crippen molar-refractivity contribution >= 4 is 68.8 Å². The number of thiophene rings is 1. The van der Waals surface area contributed by atoms with Gasteiger partial charge < -0.3 is 5.73 Å². The summed E-state index contributed by atoms with van der Waals surface area (Å²) in [5.41, 5.74) is 6.68. The molecule has 0 bridgehead atoms. The van der Waals surface area contributed by atoms with Crippen molar-refractivity contribution in [3.8, 4) is 0 Å². The minimum Gasteiger partial charge on any atom is -0.380 e. The van der Waals surface area contributed by atoms with Gasteiger partial charge in [-0.15, -0.1) is 0 Å². The minimum absolute atomic E-state index is 0.105. The average molecular weight is 424 g/mol. The van der Waals surface area contributed by atoms with Crippen molar-refractivity contribution in [1.29, 1.82) is 0 Å². The van der Waals surface area contributed by atoms with Gasteiger partial charge in [-0.2, -0.15) is 0 Å². The molecule has 2 rings (SSSR count). The maximum absolute atomic E-state index is 11.7. The van der Waals surface area contributed by atoms with Crippen molar-refractivity contribution in [2.24, 2.45) is 10.9 Å². The molecule has 1 aromatic heterocycles. The highest BCUT2D eigenvalue weighted by Gasteiger charge is 2.22. The molecule has 1 heterocycles. The van der Waals surface area contributed by atoms with Gasteiger partial charge in [0.2, 0.25) is 3.79 Å². The van der Waals surface area contributed by atoms with Crippen LogP contribution in [0.5, 0.6) is 0 Å². The maximum atomic E-state index is 11.7. The Bertz CT molecular complexity index is 817. The molecule has 25 heavy (non-hydrogen) atoms.